The molecule has 1 N–H and O–H groups in total. The first-order chi connectivity index (χ1) is 13.6. The highest BCUT2D eigenvalue weighted by Gasteiger charge is 2.19. The van der Waals surface area contributed by atoms with Gasteiger partial charge in [-0.25, -0.2) is 4.79 Å². The highest BCUT2D eigenvalue weighted by atomic mass is 32.1. The van der Waals surface area contributed by atoms with Gasteiger partial charge in [0.15, 0.2) is 5.78 Å². The van der Waals surface area contributed by atoms with Crippen LogP contribution in [0.1, 0.15) is 33.4 Å². The van der Waals surface area contributed by atoms with Crippen molar-refractivity contribution >= 4 is 34.7 Å². The molecule has 1 aromatic carbocycles. The molecule has 0 bridgehead atoms. The number of hydrogen-bond donors (Lipinski definition) is 1. The van der Waals surface area contributed by atoms with Crippen LogP contribution in [0.5, 0.6) is 0 Å². The lowest BCUT2D eigenvalue weighted by molar-refractivity contribution is -0.113. The molecule has 3 rings (SSSR count). The highest BCUT2D eigenvalue weighted by molar-refractivity contribution is 7.12. The molecule has 1 aromatic heterocycles. The van der Waals surface area contributed by atoms with Crippen LogP contribution in [-0.4, -0.2) is 35.7 Å². The van der Waals surface area contributed by atoms with E-state index in [1.165, 1.54) is 11.3 Å². The Labute approximate surface area is 167 Å². The average molecular weight is 396 g/mol. The molecule has 1 aliphatic heterocycles. The maximum atomic E-state index is 12.7. The zero-order valence-electron chi connectivity index (χ0n) is 15.4. The zero-order chi connectivity index (χ0) is 19.9. The largest absolute Gasteiger partial charge is 0.462 e. The van der Waals surface area contributed by atoms with Gasteiger partial charge in [-0.15, -0.1) is 11.3 Å². The summed E-state index contributed by atoms with van der Waals surface area (Å²) in [7, 11) is 0. The van der Waals surface area contributed by atoms with Gasteiger partial charge in [-0.2, -0.15) is 0 Å². The molecule has 0 fully saturated rings. The number of ether oxygens (including phenoxy) is 1. The van der Waals surface area contributed by atoms with Crippen LogP contribution in [0, 0.1) is 0 Å². The van der Waals surface area contributed by atoms with Gasteiger partial charge in [0.25, 0.3) is 5.91 Å². The fourth-order valence-corrected chi connectivity index (χ4v) is 3.38. The van der Waals surface area contributed by atoms with E-state index < -0.39 is 5.97 Å². The van der Waals surface area contributed by atoms with E-state index >= 15 is 0 Å². The van der Waals surface area contributed by atoms with Crippen LogP contribution in [0.3, 0.4) is 0 Å². The summed E-state index contributed by atoms with van der Waals surface area (Å²) in [5, 5.41) is 4.63. The number of allylic oxidation sites excluding steroid dienone is 1. The molecule has 0 saturated heterocycles. The van der Waals surface area contributed by atoms with Crippen molar-refractivity contribution in [2.75, 3.05) is 18.5 Å². The monoisotopic (exact) mass is 396 g/mol. The van der Waals surface area contributed by atoms with Crippen LogP contribution >= 0.6 is 11.3 Å². The van der Waals surface area contributed by atoms with Gasteiger partial charge in [-0.1, -0.05) is 24.3 Å². The number of nitrogens with one attached hydrogen (secondary N) is 1. The Morgan fingerprint density at radius 2 is 2.00 bits per heavy atom. The van der Waals surface area contributed by atoms with Gasteiger partial charge < -0.3 is 15.0 Å². The molecule has 1 aliphatic rings. The van der Waals surface area contributed by atoms with Crippen molar-refractivity contribution < 1.29 is 19.1 Å². The summed E-state index contributed by atoms with van der Waals surface area (Å²) in [6.07, 6.45) is 5.72. The van der Waals surface area contributed by atoms with Crippen LogP contribution < -0.4 is 5.32 Å². The number of thiophene rings is 1. The summed E-state index contributed by atoms with van der Waals surface area (Å²) in [5.74, 6) is -0.820. The Bertz CT molecular complexity index is 932. The fraction of sp³-hybridized carbons (Fsp3) is 0.190. The summed E-state index contributed by atoms with van der Waals surface area (Å²) in [6.45, 7) is 2.14. The van der Waals surface area contributed by atoms with Gasteiger partial charge >= 0.3 is 5.97 Å². The molecule has 6 nitrogen and oxygen atoms in total. The topological polar surface area (TPSA) is 75.7 Å². The van der Waals surface area contributed by atoms with Crippen molar-refractivity contribution in [1.82, 2.24) is 4.90 Å². The number of hydrogen-bond acceptors (Lipinski definition) is 6. The number of esters is 1. The van der Waals surface area contributed by atoms with Gasteiger partial charge in [0.2, 0.25) is 0 Å². The van der Waals surface area contributed by atoms with Crippen molar-refractivity contribution in [3.8, 4) is 0 Å². The number of carbonyl (C=O) groups excluding carboxylic acids is 3. The molecule has 1 amide bonds. The molecule has 0 radical (unpaired) electrons. The predicted octanol–water partition coefficient (Wildman–Crippen LogP) is 3.85. The standard InChI is InChI=1S/C21H20N2O4S/c1-2-27-21(26)16-8-3-4-9-17(16)22-20(25)15-7-5-11-23(13-15)14-18(24)19-10-6-12-28-19/h3-6,8-13H,2,7,14H2,1H3,(H,22,25). The van der Waals surface area contributed by atoms with E-state index in [1.807, 2.05) is 17.5 Å². The van der Waals surface area contributed by atoms with E-state index in [1.54, 1.807) is 54.6 Å². The molecule has 28 heavy (non-hydrogen) atoms. The second-order valence-corrected chi connectivity index (χ2v) is 6.98. The van der Waals surface area contributed by atoms with Gasteiger partial charge in [0, 0.05) is 18.0 Å². The first-order valence-corrected chi connectivity index (χ1v) is 9.73. The molecule has 0 spiro atoms. The maximum Gasteiger partial charge on any atom is 0.340 e. The SMILES string of the molecule is CCOC(=O)c1ccccc1NC(=O)C1=CN(CC(=O)c2cccs2)C=CC1. The Morgan fingerprint density at radius 3 is 2.75 bits per heavy atom. The molecule has 0 unspecified atom stereocenters. The van der Waals surface area contributed by atoms with E-state index in [0.717, 1.165) is 0 Å². The molecule has 2 heterocycles. The average Bonchev–Trinajstić information content (AvgIpc) is 3.24. The fourth-order valence-electron chi connectivity index (χ4n) is 2.72. The van der Waals surface area contributed by atoms with E-state index in [9.17, 15) is 14.4 Å². The van der Waals surface area contributed by atoms with Crippen LogP contribution in [0.4, 0.5) is 5.69 Å². The molecule has 7 heteroatoms. The first kappa shape index (κ1) is 19.6. The molecule has 144 valence electrons. The first-order valence-electron chi connectivity index (χ1n) is 8.85. The second-order valence-electron chi connectivity index (χ2n) is 6.04. The smallest absolute Gasteiger partial charge is 0.340 e. The van der Waals surface area contributed by atoms with E-state index in [-0.39, 0.29) is 24.8 Å². The quantitative estimate of drug-likeness (QED) is 0.568. The van der Waals surface area contributed by atoms with Crippen molar-refractivity contribution in [2.45, 2.75) is 13.3 Å². The van der Waals surface area contributed by atoms with Gasteiger partial charge in [-0.3, -0.25) is 9.59 Å². The summed E-state index contributed by atoms with van der Waals surface area (Å²) < 4.78 is 5.03. The summed E-state index contributed by atoms with van der Waals surface area (Å²) in [6, 6.07) is 10.3. The number of Topliss-reactive ketones (excluding diaryl/α,β-unsaturated/α-hetero) is 1. The lowest BCUT2D eigenvalue weighted by Crippen LogP contribution is -2.25. The van der Waals surface area contributed by atoms with Crippen molar-refractivity contribution in [2.24, 2.45) is 0 Å². The minimum Gasteiger partial charge on any atom is -0.462 e. The van der Waals surface area contributed by atoms with Crippen LogP contribution in [0.15, 0.2) is 65.8 Å². The van der Waals surface area contributed by atoms with E-state index in [0.29, 0.717) is 28.1 Å². The number of para-hydroxylation sites is 1. The van der Waals surface area contributed by atoms with Crippen molar-refractivity contribution in [1.29, 1.82) is 0 Å². The van der Waals surface area contributed by atoms with Crippen LogP contribution in [-0.2, 0) is 9.53 Å². The predicted molar refractivity (Wildman–Crippen MR) is 108 cm³/mol. The normalized spacial score (nSPS) is 13.0. The number of benzene rings is 1. The van der Waals surface area contributed by atoms with Gasteiger partial charge in [-0.05, 0) is 36.9 Å². The molecule has 0 atom stereocenters. The minimum atomic E-state index is -0.487. The van der Waals surface area contributed by atoms with Crippen LogP contribution in [0.2, 0.25) is 0 Å². The Hall–Kier alpha value is -3.19. The highest BCUT2D eigenvalue weighted by Crippen LogP contribution is 2.20. The van der Waals surface area contributed by atoms with Gasteiger partial charge in [0.1, 0.15) is 0 Å². The third kappa shape index (κ3) is 4.75. The lowest BCUT2D eigenvalue weighted by Gasteiger charge is -2.20. The molecular weight excluding hydrogens is 376 g/mol. The van der Waals surface area contributed by atoms with E-state index in [4.69, 9.17) is 4.74 Å². The minimum absolute atomic E-state index is 0.00906. The third-order valence-electron chi connectivity index (χ3n) is 4.04. The van der Waals surface area contributed by atoms with Crippen LogP contribution in [0.25, 0.3) is 0 Å². The third-order valence-corrected chi connectivity index (χ3v) is 4.95. The van der Waals surface area contributed by atoms with Crippen molar-refractivity contribution in [3.63, 3.8) is 0 Å². The number of carbonyl (C=O) groups is 3. The number of rotatable bonds is 7. The lowest BCUT2D eigenvalue weighted by atomic mass is 10.1. The number of ketones is 1. The van der Waals surface area contributed by atoms with Crippen molar-refractivity contribution in [3.05, 3.63) is 76.3 Å². The number of amides is 1. The second kappa shape index (κ2) is 9.14. The molecular formula is C21H20N2O4S. The number of anilines is 1. The Morgan fingerprint density at radius 1 is 1.18 bits per heavy atom. The summed E-state index contributed by atoms with van der Waals surface area (Å²) >= 11 is 1.39. The summed E-state index contributed by atoms with van der Waals surface area (Å²) in [5.41, 5.74) is 1.19. The maximum absolute atomic E-state index is 12.7. The Balaban J connectivity index is 1.70. The summed E-state index contributed by atoms with van der Waals surface area (Å²) in [4.78, 5) is 39.4. The van der Waals surface area contributed by atoms with E-state index in [2.05, 4.69) is 5.32 Å². The molecule has 0 aliphatic carbocycles. The van der Waals surface area contributed by atoms with Gasteiger partial charge in [0.05, 0.1) is 29.3 Å². The molecule has 2 aromatic rings. The zero-order valence-corrected chi connectivity index (χ0v) is 16.2. The Kier molecular flexibility index (Phi) is 6.39. The molecule has 0 saturated carbocycles. The number of nitrogens with zero attached hydrogens (tertiary/aromatic N) is 1.